The van der Waals surface area contributed by atoms with Crippen molar-refractivity contribution in [1.82, 2.24) is 15.0 Å². The fourth-order valence-corrected chi connectivity index (χ4v) is 1.99. The van der Waals surface area contributed by atoms with Crippen LogP contribution >= 0.6 is 0 Å². The number of rotatable bonds is 1. The summed E-state index contributed by atoms with van der Waals surface area (Å²) in [5.74, 6) is 1.30. The van der Waals surface area contributed by atoms with Gasteiger partial charge in [-0.3, -0.25) is 9.78 Å². The van der Waals surface area contributed by atoms with E-state index in [2.05, 4.69) is 20.3 Å². The van der Waals surface area contributed by atoms with Gasteiger partial charge in [0.25, 0.3) is 5.56 Å². The third-order valence-corrected chi connectivity index (χ3v) is 2.87. The topological polar surface area (TPSA) is 70.7 Å². The average Bonchev–Trinajstić information content (AvgIpc) is 2.40. The molecule has 0 radical (unpaired) electrons. The van der Waals surface area contributed by atoms with Crippen molar-refractivity contribution in [2.24, 2.45) is 0 Å². The third-order valence-electron chi connectivity index (χ3n) is 2.87. The van der Waals surface area contributed by atoms with E-state index >= 15 is 0 Å². The molecule has 0 bridgehead atoms. The molecule has 0 saturated carbocycles. The second-order valence-electron chi connectivity index (χ2n) is 4.01. The number of nitrogens with one attached hydrogen (secondary N) is 2. The molecule has 0 aliphatic carbocycles. The summed E-state index contributed by atoms with van der Waals surface area (Å²) < 4.78 is 0. The summed E-state index contributed by atoms with van der Waals surface area (Å²) >= 11 is 0. The maximum atomic E-state index is 11.9. The lowest BCUT2D eigenvalue weighted by molar-refractivity contribution is 0.800. The normalized spacial score (nSPS) is 13.9. The van der Waals surface area contributed by atoms with E-state index in [4.69, 9.17) is 0 Å². The number of nitrogens with zero attached hydrogens (tertiary/aromatic N) is 2. The molecule has 0 aromatic carbocycles. The molecular formula is C12H12N4O. The van der Waals surface area contributed by atoms with Crippen LogP contribution in [0, 0.1) is 0 Å². The number of hydrogen-bond acceptors (Lipinski definition) is 4. The summed E-state index contributed by atoms with van der Waals surface area (Å²) in [6.07, 6.45) is 5.14. The highest BCUT2D eigenvalue weighted by Crippen LogP contribution is 2.19. The molecule has 2 aromatic heterocycles. The minimum atomic E-state index is -0.0472. The van der Waals surface area contributed by atoms with Crippen molar-refractivity contribution in [3.8, 4) is 11.4 Å². The summed E-state index contributed by atoms with van der Waals surface area (Å²) in [7, 11) is 0. The first-order valence-electron chi connectivity index (χ1n) is 5.62. The minimum Gasteiger partial charge on any atom is -0.370 e. The Labute approximate surface area is 97.9 Å². The summed E-state index contributed by atoms with van der Waals surface area (Å²) in [4.78, 5) is 23.1. The van der Waals surface area contributed by atoms with Crippen LogP contribution in [0.25, 0.3) is 11.4 Å². The molecule has 0 unspecified atom stereocenters. The minimum absolute atomic E-state index is 0.0472. The van der Waals surface area contributed by atoms with Crippen molar-refractivity contribution >= 4 is 5.82 Å². The molecule has 0 fully saturated rings. The van der Waals surface area contributed by atoms with Crippen LogP contribution in [0.4, 0.5) is 5.82 Å². The molecular weight excluding hydrogens is 216 g/mol. The molecule has 3 rings (SSSR count). The van der Waals surface area contributed by atoms with Gasteiger partial charge in [0.1, 0.15) is 11.6 Å². The molecule has 0 saturated heterocycles. The van der Waals surface area contributed by atoms with Crippen LogP contribution in [0.5, 0.6) is 0 Å². The number of pyridine rings is 1. The van der Waals surface area contributed by atoms with E-state index in [1.807, 2.05) is 12.1 Å². The SMILES string of the molecule is O=c1[nH]c(-c2ccncc2)nc2c1CCCN2. The Hall–Kier alpha value is -2.17. The molecule has 3 heterocycles. The Bertz CT molecular complexity index is 591. The summed E-state index contributed by atoms with van der Waals surface area (Å²) in [5, 5.41) is 3.17. The number of fused-ring (bicyclic) bond motifs is 1. The molecule has 1 aliphatic rings. The van der Waals surface area contributed by atoms with Gasteiger partial charge in [-0.15, -0.1) is 0 Å². The maximum absolute atomic E-state index is 11.9. The van der Waals surface area contributed by atoms with E-state index in [-0.39, 0.29) is 5.56 Å². The third kappa shape index (κ3) is 1.80. The highest BCUT2D eigenvalue weighted by Gasteiger charge is 2.15. The lowest BCUT2D eigenvalue weighted by atomic mass is 10.1. The van der Waals surface area contributed by atoms with Gasteiger partial charge in [0.05, 0.1) is 5.56 Å². The number of aromatic amines is 1. The number of hydrogen-bond donors (Lipinski definition) is 2. The molecule has 1 aliphatic heterocycles. The van der Waals surface area contributed by atoms with Crippen LogP contribution < -0.4 is 10.9 Å². The fraction of sp³-hybridized carbons (Fsp3) is 0.250. The van der Waals surface area contributed by atoms with Crippen molar-refractivity contribution in [2.45, 2.75) is 12.8 Å². The zero-order chi connectivity index (χ0) is 11.7. The molecule has 5 nitrogen and oxygen atoms in total. The lowest BCUT2D eigenvalue weighted by Crippen LogP contribution is -2.24. The quantitative estimate of drug-likeness (QED) is 0.769. The summed E-state index contributed by atoms with van der Waals surface area (Å²) in [6, 6.07) is 3.65. The van der Waals surface area contributed by atoms with Crippen LogP contribution in [0.2, 0.25) is 0 Å². The van der Waals surface area contributed by atoms with Gasteiger partial charge in [-0.05, 0) is 25.0 Å². The van der Waals surface area contributed by atoms with Gasteiger partial charge >= 0.3 is 0 Å². The predicted molar refractivity (Wildman–Crippen MR) is 64.9 cm³/mol. The smallest absolute Gasteiger partial charge is 0.256 e. The first kappa shape index (κ1) is 10.0. The van der Waals surface area contributed by atoms with Gasteiger partial charge in [0, 0.05) is 24.5 Å². The highest BCUT2D eigenvalue weighted by atomic mass is 16.1. The summed E-state index contributed by atoms with van der Waals surface area (Å²) in [6.45, 7) is 0.874. The molecule has 0 spiro atoms. The van der Waals surface area contributed by atoms with E-state index in [0.717, 1.165) is 30.5 Å². The van der Waals surface area contributed by atoms with Crippen LogP contribution in [-0.2, 0) is 6.42 Å². The second kappa shape index (κ2) is 4.01. The predicted octanol–water partition coefficient (Wildman–Crippen LogP) is 1.19. The standard InChI is InChI=1S/C12H12N4O/c17-12-9-2-1-5-14-11(9)15-10(16-12)8-3-6-13-7-4-8/h3-4,6-7H,1-2,5H2,(H2,14,15,16,17). The Morgan fingerprint density at radius 1 is 1.24 bits per heavy atom. The van der Waals surface area contributed by atoms with Crippen LogP contribution in [-0.4, -0.2) is 21.5 Å². The number of anilines is 1. The monoisotopic (exact) mass is 228 g/mol. The van der Waals surface area contributed by atoms with Crippen LogP contribution in [0.15, 0.2) is 29.3 Å². The average molecular weight is 228 g/mol. The summed E-state index contributed by atoms with van der Waals surface area (Å²) in [5.41, 5.74) is 1.58. The van der Waals surface area contributed by atoms with E-state index < -0.39 is 0 Å². The van der Waals surface area contributed by atoms with Crippen LogP contribution in [0.3, 0.4) is 0 Å². The Kier molecular flexibility index (Phi) is 2.36. The van der Waals surface area contributed by atoms with E-state index in [9.17, 15) is 4.79 Å². The van der Waals surface area contributed by atoms with Gasteiger partial charge in [-0.25, -0.2) is 4.98 Å². The highest BCUT2D eigenvalue weighted by molar-refractivity contribution is 5.58. The Balaban J connectivity index is 2.14. The van der Waals surface area contributed by atoms with E-state index in [1.54, 1.807) is 12.4 Å². The Morgan fingerprint density at radius 2 is 2.06 bits per heavy atom. The number of aromatic nitrogens is 3. The van der Waals surface area contributed by atoms with Gasteiger partial charge in [0.2, 0.25) is 0 Å². The molecule has 2 N–H and O–H groups in total. The van der Waals surface area contributed by atoms with E-state index in [1.165, 1.54) is 0 Å². The van der Waals surface area contributed by atoms with Gasteiger partial charge in [0.15, 0.2) is 0 Å². The zero-order valence-electron chi connectivity index (χ0n) is 9.23. The van der Waals surface area contributed by atoms with Gasteiger partial charge in [-0.1, -0.05) is 0 Å². The van der Waals surface area contributed by atoms with Crippen molar-refractivity contribution in [3.05, 3.63) is 40.4 Å². The zero-order valence-corrected chi connectivity index (χ0v) is 9.23. The van der Waals surface area contributed by atoms with Crippen LogP contribution in [0.1, 0.15) is 12.0 Å². The number of H-pyrrole nitrogens is 1. The largest absolute Gasteiger partial charge is 0.370 e. The molecule has 0 atom stereocenters. The van der Waals surface area contributed by atoms with Crippen molar-refractivity contribution in [2.75, 3.05) is 11.9 Å². The fourth-order valence-electron chi connectivity index (χ4n) is 1.99. The molecule has 0 amide bonds. The molecule has 86 valence electrons. The second-order valence-corrected chi connectivity index (χ2v) is 4.01. The lowest BCUT2D eigenvalue weighted by Gasteiger charge is -2.16. The molecule has 17 heavy (non-hydrogen) atoms. The first-order chi connectivity index (χ1) is 8.34. The van der Waals surface area contributed by atoms with Gasteiger partial charge in [-0.2, -0.15) is 0 Å². The van der Waals surface area contributed by atoms with Gasteiger partial charge < -0.3 is 10.3 Å². The van der Waals surface area contributed by atoms with E-state index in [0.29, 0.717) is 11.6 Å². The molecule has 5 heteroatoms. The van der Waals surface area contributed by atoms with Crippen molar-refractivity contribution < 1.29 is 0 Å². The van der Waals surface area contributed by atoms with Crippen molar-refractivity contribution in [1.29, 1.82) is 0 Å². The molecule has 2 aromatic rings. The first-order valence-corrected chi connectivity index (χ1v) is 5.62. The van der Waals surface area contributed by atoms with Crippen molar-refractivity contribution in [3.63, 3.8) is 0 Å². The Morgan fingerprint density at radius 3 is 2.88 bits per heavy atom. The maximum Gasteiger partial charge on any atom is 0.256 e.